The van der Waals surface area contributed by atoms with Crippen molar-refractivity contribution < 1.29 is 14.6 Å². The van der Waals surface area contributed by atoms with Crippen molar-refractivity contribution in [2.75, 3.05) is 0 Å². The molecule has 0 unspecified atom stereocenters. The van der Waals surface area contributed by atoms with E-state index in [4.69, 9.17) is 16.3 Å². The Bertz CT molecular complexity index is 1340. The van der Waals surface area contributed by atoms with Crippen molar-refractivity contribution in [2.24, 2.45) is 0 Å². The number of aryl methyl sites for hydroxylation is 1. The molecule has 0 bridgehead atoms. The van der Waals surface area contributed by atoms with E-state index in [9.17, 15) is 9.90 Å². The van der Waals surface area contributed by atoms with Crippen LogP contribution in [0.1, 0.15) is 40.2 Å². The molecule has 0 atom stereocenters. The monoisotopic (exact) mass is 456 g/mol. The number of ether oxygens (including phenoxy) is 1. The Kier molecular flexibility index (Phi) is 5.56. The van der Waals surface area contributed by atoms with Gasteiger partial charge in [-0.15, -0.1) is 0 Å². The number of para-hydroxylation sites is 1. The molecule has 1 aliphatic rings. The van der Waals surface area contributed by atoms with Crippen LogP contribution < -0.4 is 4.74 Å². The Hall–Kier alpha value is -3.70. The zero-order chi connectivity index (χ0) is 22.9. The third-order valence-electron chi connectivity index (χ3n) is 5.86. The first-order valence-electron chi connectivity index (χ1n) is 10.7. The summed E-state index contributed by atoms with van der Waals surface area (Å²) in [5.74, 6) is 0.262. The molecule has 1 saturated carbocycles. The summed E-state index contributed by atoms with van der Waals surface area (Å²) >= 11 is 6.71. The van der Waals surface area contributed by atoms with E-state index in [0.29, 0.717) is 33.4 Å². The van der Waals surface area contributed by atoms with Crippen molar-refractivity contribution in [1.29, 1.82) is 0 Å². The molecular weight excluding hydrogens is 436 g/mol. The van der Waals surface area contributed by atoms with E-state index in [1.807, 2.05) is 49.4 Å². The van der Waals surface area contributed by atoms with Gasteiger partial charge in [-0.2, -0.15) is 10.2 Å². The average molecular weight is 457 g/mol. The highest BCUT2D eigenvalue weighted by Gasteiger charge is 2.30. The van der Waals surface area contributed by atoms with Crippen LogP contribution in [-0.4, -0.2) is 21.3 Å². The van der Waals surface area contributed by atoms with Gasteiger partial charge in [0.1, 0.15) is 11.3 Å². The fraction of sp³-hybridized carbons (Fsp3) is 0.148. The number of carboxylic acids is 1. The minimum atomic E-state index is -1.11. The summed E-state index contributed by atoms with van der Waals surface area (Å²) in [6.45, 7) is 1.98. The lowest BCUT2D eigenvalue weighted by molar-refractivity contribution is 0.0694. The molecule has 0 aliphatic heterocycles. The molecule has 0 amide bonds. The third kappa shape index (κ3) is 4.08. The number of hydrogen-bond donors (Lipinski definition) is 1. The van der Waals surface area contributed by atoms with Gasteiger partial charge in [0.15, 0.2) is 5.75 Å². The fourth-order valence-corrected chi connectivity index (χ4v) is 4.44. The number of halogens is 1. The van der Waals surface area contributed by atoms with E-state index in [2.05, 4.69) is 16.3 Å². The highest BCUT2D eigenvalue weighted by molar-refractivity contribution is 6.35. The summed E-state index contributed by atoms with van der Waals surface area (Å²) in [4.78, 5) is 12.3. The highest BCUT2D eigenvalue weighted by Crippen LogP contribution is 2.50. The second kappa shape index (κ2) is 8.68. The van der Waals surface area contributed by atoms with Gasteiger partial charge >= 0.3 is 5.97 Å². The molecule has 1 fully saturated rings. The van der Waals surface area contributed by atoms with Crippen LogP contribution in [0.3, 0.4) is 0 Å². The summed E-state index contributed by atoms with van der Waals surface area (Å²) in [6, 6.07) is 18.9. The number of aromatic nitrogens is 2. The molecule has 33 heavy (non-hydrogen) atoms. The minimum absolute atomic E-state index is 0.00325. The zero-order valence-corrected chi connectivity index (χ0v) is 18.7. The average Bonchev–Trinajstić information content (AvgIpc) is 3.67. The molecule has 164 valence electrons. The van der Waals surface area contributed by atoms with Gasteiger partial charge in [0.05, 0.1) is 17.4 Å². The van der Waals surface area contributed by atoms with Crippen molar-refractivity contribution in [3.05, 3.63) is 94.8 Å². The van der Waals surface area contributed by atoms with E-state index >= 15 is 0 Å². The lowest BCUT2D eigenvalue weighted by Crippen LogP contribution is -2.05. The quantitative estimate of drug-likeness (QED) is 0.333. The molecule has 1 aromatic heterocycles. The van der Waals surface area contributed by atoms with Gasteiger partial charge < -0.3 is 9.84 Å². The van der Waals surface area contributed by atoms with Crippen LogP contribution in [0, 0.1) is 6.92 Å². The Balaban J connectivity index is 1.83. The number of hydrogen-bond acceptors (Lipinski definition) is 4. The highest BCUT2D eigenvalue weighted by atomic mass is 35.5. The Morgan fingerprint density at radius 3 is 2.42 bits per heavy atom. The van der Waals surface area contributed by atoms with Gasteiger partial charge in [-0.3, -0.25) is 0 Å². The maximum Gasteiger partial charge on any atom is 0.339 e. The molecule has 1 heterocycles. The molecule has 3 aromatic carbocycles. The van der Waals surface area contributed by atoms with Gasteiger partial charge in [-0.1, -0.05) is 60.1 Å². The number of carbonyl (C=O) groups is 1. The molecule has 5 rings (SSSR count). The molecule has 0 spiro atoms. The maximum atomic E-state index is 12.3. The van der Waals surface area contributed by atoms with Crippen LogP contribution in [0.25, 0.3) is 22.3 Å². The van der Waals surface area contributed by atoms with E-state index in [0.717, 1.165) is 29.5 Å². The number of carboxylic acid groups (broad SMARTS) is 1. The smallest absolute Gasteiger partial charge is 0.339 e. The number of rotatable bonds is 6. The summed E-state index contributed by atoms with van der Waals surface area (Å²) in [5, 5.41) is 18.3. The lowest BCUT2D eigenvalue weighted by atomic mass is 9.92. The number of nitrogens with zero attached hydrogens (tertiary/aromatic N) is 2. The summed E-state index contributed by atoms with van der Waals surface area (Å²) in [6.07, 6.45) is 5.36. The number of aromatic carboxylic acids is 1. The molecule has 0 radical (unpaired) electrons. The van der Waals surface area contributed by atoms with E-state index in [1.165, 1.54) is 6.07 Å². The van der Waals surface area contributed by atoms with Gasteiger partial charge in [0.2, 0.25) is 0 Å². The number of benzene rings is 3. The largest absolute Gasteiger partial charge is 0.478 e. The zero-order valence-electron chi connectivity index (χ0n) is 18.0. The van der Waals surface area contributed by atoms with Crippen LogP contribution >= 0.6 is 11.6 Å². The topological polar surface area (TPSA) is 72.3 Å². The Morgan fingerprint density at radius 2 is 1.76 bits per heavy atom. The lowest BCUT2D eigenvalue weighted by Gasteiger charge is -2.21. The minimum Gasteiger partial charge on any atom is -0.478 e. The molecule has 6 heteroatoms. The molecule has 1 N–H and O–H groups in total. The third-order valence-corrected chi connectivity index (χ3v) is 6.16. The molecule has 0 saturated heterocycles. The predicted molar refractivity (Wildman–Crippen MR) is 128 cm³/mol. The second-order valence-electron chi connectivity index (χ2n) is 8.16. The maximum absolute atomic E-state index is 12.3. The first kappa shape index (κ1) is 21.2. The SMILES string of the molecule is Cc1cccc(C2CC2)c1Oc1c(C(=O)O)cc(Cl)c(-c2ccccc2)c1-c1ccnnc1. The van der Waals surface area contributed by atoms with Gasteiger partial charge in [-0.05, 0) is 54.5 Å². The summed E-state index contributed by atoms with van der Waals surface area (Å²) < 4.78 is 6.55. The van der Waals surface area contributed by atoms with Crippen LogP contribution in [-0.2, 0) is 0 Å². The first-order chi connectivity index (χ1) is 16.0. The Morgan fingerprint density at radius 1 is 0.970 bits per heavy atom. The van der Waals surface area contributed by atoms with Crippen LogP contribution in [0.15, 0.2) is 73.1 Å². The van der Waals surface area contributed by atoms with E-state index < -0.39 is 5.97 Å². The van der Waals surface area contributed by atoms with E-state index in [1.54, 1.807) is 18.5 Å². The summed E-state index contributed by atoms with van der Waals surface area (Å²) in [5.41, 5.74) is 4.83. The molecule has 4 aromatic rings. The van der Waals surface area contributed by atoms with Crippen molar-refractivity contribution in [3.63, 3.8) is 0 Å². The van der Waals surface area contributed by atoms with Crippen molar-refractivity contribution in [3.8, 4) is 33.8 Å². The predicted octanol–water partition coefficient (Wildman–Crippen LogP) is 7.14. The second-order valence-corrected chi connectivity index (χ2v) is 8.56. The van der Waals surface area contributed by atoms with Crippen molar-refractivity contribution >= 4 is 17.6 Å². The van der Waals surface area contributed by atoms with Crippen LogP contribution in [0.2, 0.25) is 5.02 Å². The van der Waals surface area contributed by atoms with Crippen LogP contribution in [0.5, 0.6) is 11.5 Å². The van der Waals surface area contributed by atoms with Gasteiger partial charge in [0, 0.05) is 16.7 Å². The molecule has 1 aliphatic carbocycles. The molecule has 5 nitrogen and oxygen atoms in total. The summed E-state index contributed by atoms with van der Waals surface area (Å²) in [7, 11) is 0. The normalized spacial score (nSPS) is 13.0. The van der Waals surface area contributed by atoms with Crippen molar-refractivity contribution in [2.45, 2.75) is 25.7 Å². The van der Waals surface area contributed by atoms with Crippen LogP contribution in [0.4, 0.5) is 0 Å². The van der Waals surface area contributed by atoms with Crippen molar-refractivity contribution in [1.82, 2.24) is 10.2 Å². The molecular formula is C27H21ClN2O3. The fourth-order valence-electron chi connectivity index (χ4n) is 4.13. The van der Waals surface area contributed by atoms with E-state index in [-0.39, 0.29) is 11.3 Å². The van der Waals surface area contributed by atoms with Gasteiger partial charge in [-0.25, -0.2) is 4.79 Å². The first-order valence-corrected chi connectivity index (χ1v) is 11.1. The Labute approximate surface area is 196 Å². The van der Waals surface area contributed by atoms with Gasteiger partial charge in [0.25, 0.3) is 0 Å². The standard InChI is InChI=1S/C27H21ClN2O3/c1-16-6-5-9-20(17-10-11-17)25(16)33-26-21(27(31)32)14-22(28)23(18-7-3-2-4-8-18)24(26)19-12-13-29-30-15-19/h2-9,12-15,17H,10-11H2,1H3,(H,31,32).